The first-order valence-electron chi connectivity index (χ1n) is 6.39. The van der Waals surface area contributed by atoms with Crippen LogP contribution in [0.2, 0.25) is 0 Å². The van der Waals surface area contributed by atoms with E-state index < -0.39 is 11.9 Å². The molecule has 0 spiro atoms. The molecule has 2 N–H and O–H groups in total. The van der Waals surface area contributed by atoms with Crippen LogP contribution in [0.4, 0.5) is 0 Å². The van der Waals surface area contributed by atoms with E-state index in [2.05, 4.69) is 5.32 Å². The van der Waals surface area contributed by atoms with Gasteiger partial charge in [0.2, 0.25) is 5.91 Å². The number of carbonyl (C=O) groups is 2. The fourth-order valence-electron chi connectivity index (χ4n) is 2.67. The van der Waals surface area contributed by atoms with Crippen LogP contribution in [-0.2, 0) is 14.3 Å². The van der Waals surface area contributed by atoms with Crippen LogP contribution in [0.1, 0.15) is 19.3 Å². The molecule has 6 nitrogen and oxygen atoms in total. The zero-order chi connectivity index (χ0) is 13.1. The van der Waals surface area contributed by atoms with Gasteiger partial charge in [-0.15, -0.1) is 0 Å². The molecule has 3 unspecified atom stereocenters. The Morgan fingerprint density at radius 1 is 1.44 bits per heavy atom. The van der Waals surface area contributed by atoms with Crippen molar-refractivity contribution in [1.82, 2.24) is 10.2 Å². The third kappa shape index (κ3) is 2.81. The van der Waals surface area contributed by atoms with Gasteiger partial charge in [0.05, 0.1) is 18.1 Å². The summed E-state index contributed by atoms with van der Waals surface area (Å²) in [6.45, 7) is 1.69. The van der Waals surface area contributed by atoms with Crippen molar-refractivity contribution in [3.8, 4) is 0 Å². The molecule has 0 aromatic carbocycles. The maximum absolute atomic E-state index is 12.2. The fourth-order valence-corrected chi connectivity index (χ4v) is 2.67. The van der Waals surface area contributed by atoms with Gasteiger partial charge >= 0.3 is 5.97 Å². The molecule has 1 amide bonds. The summed E-state index contributed by atoms with van der Waals surface area (Å²) < 4.78 is 5.21. The van der Waals surface area contributed by atoms with E-state index in [0.29, 0.717) is 32.5 Å². The fraction of sp³-hybridized carbons (Fsp3) is 0.833. The highest BCUT2D eigenvalue weighted by Gasteiger charge is 2.35. The minimum Gasteiger partial charge on any atom is -0.481 e. The molecule has 0 aliphatic carbocycles. The van der Waals surface area contributed by atoms with Crippen molar-refractivity contribution in [3.05, 3.63) is 0 Å². The van der Waals surface area contributed by atoms with Crippen molar-refractivity contribution in [2.24, 2.45) is 5.92 Å². The van der Waals surface area contributed by atoms with Gasteiger partial charge in [0.15, 0.2) is 0 Å². The van der Waals surface area contributed by atoms with E-state index in [1.165, 1.54) is 0 Å². The summed E-state index contributed by atoms with van der Waals surface area (Å²) >= 11 is 0. The number of ether oxygens (including phenoxy) is 1. The second-order valence-corrected chi connectivity index (χ2v) is 5.02. The lowest BCUT2D eigenvalue weighted by Gasteiger charge is -2.32. The van der Waals surface area contributed by atoms with Crippen LogP contribution < -0.4 is 5.32 Å². The number of nitrogens with zero attached hydrogens (tertiary/aromatic N) is 1. The monoisotopic (exact) mass is 256 g/mol. The predicted molar refractivity (Wildman–Crippen MR) is 64.1 cm³/mol. The number of methoxy groups -OCH3 is 1. The molecule has 18 heavy (non-hydrogen) atoms. The maximum atomic E-state index is 12.2. The predicted octanol–water partition coefficient (Wildman–Crippen LogP) is -0.313. The van der Waals surface area contributed by atoms with Gasteiger partial charge < -0.3 is 20.1 Å². The number of nitrogens with one attached hydrogen (secondary N) is 1. The maximum Gasteiger partial charge on any atom is 0.308 e. The molecule has 2 heterocycles. The van der Waals surface area contributed by atoms with E-state index in [1.807, 2.05) is 0 Å². The van der Waals surface area contributed by atoms with E-state index in [4.69, 9.17) is 9.84 Å². The number of carboxylic acid groups (broad SMARTS) is 1. The summed E-state index contributed by atoms with van der Waals surface area (Å²) in [6, 6.07) is -0.220. The number of hydrogen-bond donors (Lipinski definition) is 2. The second-order valence-electron chi connectivity index (χ2n) is 5.02. The molecular weight excluding hydrogens is 236 g/mol. The largest absolute Gasteiger partial charge is 0.481 e. The summed E-state index contributed by atoms with van der Waals surface area (Å²) in [6.07, 6.45) is 2.18. The van der Waals surface area contributed by atoms with Crippen molar-refractivity contribution in [2.45, 2.75) is 31.4 Å². The number of hydrogen-bond acceptors (Lipinski definition) is 4. The number of aliphatic carboxylic acids is 1. The summed E-state index contributed by atoms with van der Waals surface area (Å²) in [7, 11) is 1.64. The van der Waals surface area contributed by atoms with Gasteiger partial charge in [-0.25, -0.2) is 0 Å². The Hall–Kier alpha value is -1.14. The smallest absolute Gasteiger partial charge is 0.308 e. The van der Waals surface area contributed by atoms with E-state index in [-0.39, 0.29) is 18.1 Å². The molecule has 0 saturated carbocycles. The molecular formula is C12H20N2O4. The Balaban J connectivity index is 1.91. The standard InChI is InChI=1S/C12H20N2O4/c1-18-9-5-10(13-6-9)11(15)14-4-2-3-8(7-14)12(16)17/h8-10,13H,2-7H2,1H3,(H,16,17). The van der Waals surface area contributed by atoms with Crippen molar-refractivity contribution < 1.29 is 19.4 Å². The van der Waals surface area contributed by atoms with E-state index in [1.54, 1.807) is 12.0 Å². The lowest BCUT2D eigenvalue weighted by Crippen LogP contribution is -2.49. The molecule has 0 aromatic heterocycles. The third-order valence-corrected chi connectivity index (χ3v) is 3.80. The highest BCUT2D eigenvalue weighted by molar-refractivity contribution is 5.83. The lowest BCUT2D eigenvalue weighted by molar-refractivity contribution is -0.146. The summed E-state index contributed by atoms with van der Waals surface area (Å²) in [4.78, 5) is 24.9. The normalized spacial score (nSPS) is 32.5. The summed E-state index contributed by atoms with van der Waals surface area (Å²) in [5.74, 6) is -1.20. The van der Waals surface area contributed by atoms with Crippen LogP contribution in [0, 0.1) is 5.92 Å². The topological polar surface area (TPSA) is 78.9 Å². The molecule has 2 aliphatic heterocycles. The molecule has 2 saturated heterocycles. The molecule has 2 aliphatic rings. The van der Waals surface area contributed by atoms with Gasteiger partial charge in [-0.2, -0.15) is 0 Å². The zero-order valence-electron chi connectivity index (χ0n) is 10.6. The van der Waals surface area contributed by atoms with Gasteiger partial charge in [-0.1, -0.05) is 0 Å². The summed E-state index contributed by atoms with van der Waals surface area (Å²) in [5, 5.41) is 12.1. The van der Waals surface area contributed by atoms with E-state index >= 15 is 0 Å². The quantitative estimate of drug-likeness (QED) is 0.724. The molecule has 0 aromatic rings. The Bertz CT molecular complexity index is 334. The van der Waals surface area contributed by atoms with Crippen molar-refractivity contribution >= 4 is 11.9 Å². The number of amides is 1. The first kappa shape index (κ1) is 13.3. The number of piperidine rings is 1. The summed E-state index contributed by atoms with van der Waals surface area (Å²) in [5.41, 5.74) is 0. The number of likely N-dealkylation sites (tertiary alicyclic amines) is 1. The van der Waals surface area contributed by atoms with E-state index in [9.17, 15) is 9.59 Å². The van der Waals surface area contributed by atoms with Crippen molar-refractivity contribution in [1.29, 1.82) is 0 Å². The Morgan fingerprint density at radius 2 is 2.22 bits per heavy atom. The van der Waals surface area contributed by atoms with Crippen molar-refractivity contribution in [3.63, 3.8) is 0 Å². The van der Waals surface area contributed by atoms with Crippen LogP contribution >= 0.6 is 0 Å². The molecule has 2 fully saturated rings. The number of carboxylic acids is 1. The highest BCUT2D eigenvalue weighted by Crippen LogP contribution is 2.19. The molecule has 2 rings (SSSR count). The number of rotatable bonds is 3. The third-order valence-electron chi connectivity index (χ3n) is 3.80. The van der Waals surface area contributed by atoms with Crippen LogP contribution in [0.25, 0.3) is 0 Å². The first-order valence-corrected chi connectivity index (χ1v) is 6.39. The van der Waals surface area contributed by atoms with Gasteiger partial charge in [-0.3, -0.25) is 9.59 Å². The molecule has 0 bridgehead atoms. The van der Waals surface area contributed by atoms with E-state index in [0.717, 1.165) is 6.42 Å². The average Bonchev–Trinajstić information content (AvgIpc) is 2.86. The van der Waals surface area contributed by atoms with Crippen molar-refractivity contribution in [2.75, 3.05) is 26.7 Å². The SMILES string of the molecule is COC1CNC(C(=O)N2CCCC(C(=O)O)C2)C1. The average molecular weight is 256 g/mol. The Labute approximate surface area is 106 Å². The van der Waals surface area contributed by atoms with Gasteiger partial charge in [0.25, 0.3) is 0 Å². The van der Waals surface area contributed by atoms with Gasteiger partial charge in [0.1, 0.15) is 0 Å². The van der Waals surface area contributed by atoms with Crippen LogP contribution in [0.15, 0.2) is 0 Å². The Kier molecular flexibility index (Phi) is 4.19. The van der Waals surface area contributed by atoms with Crippen LogP contribution in [0.5, 0.6) is 0 Å². The molecule has 0 radical (unpaired) electrons. The Morgan fingerprint density at radius 3 is 2.83 bits per heavy atom. The minimum atomic E-state index is -0.804. The second kappa shape index (κ2) is 5.67. The molecule has 3 atom stereocenters. The number of carbonyl (C=O) groups excluding carboxylic acids is 1. The van der Waals surface area contributed by atoms with Gasteiger partial charge in [0, 0.05) is 26.7 Å². The molecule has 6 heteroatoms. The lowest BCUT2D eigenvalue weighted by atomic mass is 9.97. The van der Waals surface area contributed by atoms with Gasteiger partial charge in [-0.05, 0) is 19.3 Å². The first-order chi connectivity index (χ1) is 8.61. The highest BCUT2D eigenvalue weighted by atomic mass is 16.5. The minimum absolute atomic E-state index is 0.0144. The zero-order valence-corrected chi connectivity index (χ0v) is 10.6. The van der Waals surface area contributed by atoms with Crippen LogP contribution in [-0.4, -0.2) is 60.8 Å². The molecule has 102 valence electrons. The van der Waals surface area contributed by atoms with Crippen LogP contribution in [0.3, 0.4) is 0 Å².